The lowest BCUT2D eigenvalue weighted by atomic mass is 9.82. The molecule has 1 aliphatic heterocycles. The molecule has 5 rings (SSSR count). The SMILES string of the molecule is CC1(C)CCN(c2ccc(-n3[nH]c(=O)c4cc(F)c(OCc5ccccc5)c(F)c43)cc2)CC1. The zero-order valence-electron chi connectivity index (χ0n) is 19.3. The molecule has 0 atom stereocenters. The van der Waals surface area contributed by atoms with E-state index in [1.54, 1.807) is 0 Å². The maximum Gasteiger partial charge on any atom is 0.272 e. The minimum atomic E-state index is -0.911. The highest BCUT2D eigenvalue weighted by molar-refractivity contribution is 5.82. The van der Waals surface area contributed by atoms with Crippen LogP contribution in [0.1, 0.15) is 32.3 Å². The van der Waals surface area contributed by atoms with Crippen LogP contribution in [0.2, 0.25) is 0 Å². The van der Waals surface area contributed by atoms with Gasteiger partial charge in [-0.3, -0.25) is 9.89 Å². The van der Waals surface area contributed by atoms with Gasteiger partial charge in [-0.15, -0.1) is 0 Å². The van der Waals surface area contributed by atoms with Crippen molar-refractivity contribution in [3.8, 4) is 11.4 Å². The molecule has 0 unspecified atom stereocenters. The number of aromatic nitrogens is 2. The Kier molecular flexibility index (Phi) is 5.63. The van der Waals surface area contributed by atoms with Gasteiger partial charge in [0.15, 0.2) is 17.4 Å². The van der Waals surface area contributed by atoms with Crippen molar-refractivity contribution in [2.45, 2.75) is 33.3 Å². The number of rotatable bonds is 5. The number of ether oxygens (including phenoxy) is 1. The molecule has 0 amide bonds. The van der Waals surface area contributed by atoms with Gasteiger partial charge in [0.2, 0.25) is 0 Å². The molecule has 1 aliphatic rings. The summed E-state index contributed by atoms with van der Waals surface area (Å²) < 4.78 is 37.0. The van der Waals surface area contributed by atoms with Crippen LogP contribution in [0.15, 0.2) is 65.5 Å². The first-order valence-corrected chi connectivity index (χ1v) is 11.5. The molecule has 1 N–H and O–H groups in total. The van der Waals surface area contributed by atoms with Crippen molar-refractivity contribution in [3.63, 3.8) is 0 Å². The third kappa shape index (κ3) is 4.18. The van der Waals surface area contributed by atoms with Gasteiger partial charge in [0.1, 0.15) is 12.1 Å². The van der Waals surface area contributed by atoms with Crippen molar-refractivity contribution < 1.29 is 13.5 Å². The van der Waals surface area contributed by atoms with Crippen LogP contribution >= 0.6 is 0 Å². The van der Waals surface area contributed by atoms with E-state index in [4.69, 9.17) is 4.74 Å². The second-order valence-corrected chi connectivity index (χ2v) is 9.62. The van der Waals surface area contributed by atoms with E-state index >= 15 is 4.39 Å². The number of piperidine rings is 1. The number of aromatic amines is 1. The highest BCUT2D eigenvalue weighted by Gasteiger charge is 2.26. The Morgan fingerprint density at radius 2 is 1.62 bits per heavy atom. The number of nitrogens with one attached hydrogen (secondary N) is 1. The molecule has 3 aromatic carbocycles. The number of hydrogen-bond donors (Lipinski definition) is 1. The normalized spacial score (nSPS) is 15.6. The number of hydrogen-bond acceptors (Lipinski definition) is 3. The number of halogens is 2. The van der Waals surface area contributed by atoms with Crippen molar-refractivity contribution in [2.24, 2.45) is 5.41 Å². The van der Waals surface area contributed by atoms with Crippen LogP contribution in [0.3, 0.4) is 0 Å². The molecule has 4 aromatic rings. The molecule has 0 aliphatic carbocycles. The van der Waals surface area contributed by atoms with Gasteiger partial charge >= 0.3 is 0 Å². The van der Waals surface area contributed by atoms with Crippen LogP contribution in [0, 0.1) is 17.0 Å². The summed E-state index contributed by atoms with van der Waals surface area (Å²) in [5.41, 5.74) is 2.19. The van der Waals surface area contributed by atoms with Gasteiger partial charge in [0.25, 0.3) is 5.56 Å². The molecular weight excluding hydrogens is 436 g/mol. The average molecular weight is 464 g/mol. The van der Waals surface area contributed by atoms with Gasteiger partial charge in [-0.2, -0.15) is 0 Å². The Hall–Kier alpha value is -3.61. The van der Waals surface area contributed by atoms with Gasteiger partial charge in [0.05, 0.1) is 11.1 Å². The maximum atomic E-state index is 15.5. The van der Waals surface area contributed by atoms with Crippen LogP contribution in [0.25, 0.3) is 16.6 Å². The summed E-state index contributed by atoms with van der Waals surface area (Å²) >= 11 is 0. The van der Waals surface area contributed by atoms with E-state index in [0.29, 0.717) is 11.1 Å². The molecule has 2 heterocycles. The van der Waals surface area contributed by atoms with Crippen LogP contribution in [0.5, 0.6) is 5.75 Å². The predicted octanol–water partition coefficient (Wildman–Crippen LogP) is 5.80. The van der Waals surface area contributed by atoms with E-state index < -0.39 is 22.9 Å². The summed E-state index contributed by atoms with van der Waals surface area (Å²) in [5.74, 6) is -2.32. The second-order valence-electron chi connectivity index (χ2n) is 9.62. The monoisotopic (exact) mass is 463 g/mol. The first-order valence-electron chi connectivity index (χ1n) is 11.5. The molecule has 1 saturated heterocycles. The number of anilines is 1. The van der Waals surface area contributed by atoms with Crippen LogP contribution in [-0.4, -0.2) is 22.9 Å². The molecule has 0 spiro atoms. The molecule has 0 bridgehead atoms. The first-order chi connectivity index (χ1) is 16.3. The zero-order chi connectivity index (χ0) is 23.9. The van der Waals surface area contributed by atoms with Crippen LogP contribution in [0.4, 0.5) is 14.5 Å². The minimum Gasteiger partial charge on any atom is -0.483 e. The number of benzene rings is 3. The number of fused-ring (bicyclic) bond motifs is 1. The molecule has 1 aromatic heterocycles. The van der Waals surface area contributed by atoms with E-state index in [-0.39, 0.29) is 17.5 Å². The van der Waals surface area contributed by atoms with E-state index in [1.807, 2.05) is 54.6 Å². The molecule has 0 radical (unpaired) electrons. The van der Waals surface area contributed by atoms with E-state index in [0.717, 1.165) is 43.2 Å². The average Bonchev–Trinajstić information content (AvgIpc) is 3.16. The standard InChI is InChI=1S/C27H27F2N3O2/c1-27(2)12-14-31(15-13-27)19-8-10-20(11-9-19)32-24-21(26(33)30-32)16-22(28)25(23(24)29)34-17-18-6-4-3-5-7-18/h3-11,16H,12-15,17H2,1-2H3,(H,30,33). The third-order valence-corrected chi connectivity index (χ3v) is 6.65. The molecule has 1 fully saturated rings. The molecule has 0 saturated carbocycles. The Balaban J connectivity index is 1.47. The Morgan fingerprint density at radius 1 is 0.971 bits per heavy atom. The van der Waals surface area contributed by atoms with E-state index in [2.05, 4.69) is 23.8 Å². The summed E-state index contributed by atoms with van der Waals surface area (Å²) in [6.07, 6.45) is 2.24. The number of H-pyrrole nitrogens is 1. The summed E-state index contributed by atoms with van der Waals surface area (Å²) in [6.45, 7) is 6.54. The summed E-state index contributed by atoms with van der Waals surface area (Å²) in [6, 6.07) is 17.7. The Labute approximate surface area is 196 Å². The van der Waals surface area contributed by atoms with Gasteiger partial charge in [0, 0.05) is 18.8 Å². The first kappa shape index (κ1) is 22.2. The largest absolute Gasteiger partial charge is 0.483 e. The van der Waals surface area contributed by atoms with E-state index in [1.165, 1.54) is 4.68 Å². The Morgan fingerprint density at radius 3 is 2.29 bits per heavy atom. The van der Waals surface area contributed by atoms with Crippen molar-refractivity contribution in [3.05, 3.63) is 88.2 Å². The smallest absolute Gasteiger partial charge is 0.272 e. The fourth-order valence-electron chi connectivity index (χ4n) is 4.44. The second kappa shape index (κ2) is 8.63. The molecule has 5 nitrogen and oxygen atoms in total. The quantitative estimate of drug-likeness (QED) is 0.407. The van der Waals surface area contributed by atoms with E-state index in [9.17, 15) is 9.18 Å². The molecule has 34 heavy (non-hydrogen) atoms. The van der Waals surface area contributed by atoms with Gasteiger partial charge in [-0.05, 0) is 54.2 Å². The molecule has 176 valence electrons. The fraction of sp³-hybridized carbons (Fsp3) is 0.296. The van der Waals surface area contributed by atoms with Gasteiger partial charge in [-0.25, -0.2) is 13.5 Å². The Bertz CT molecular complexity index is 1370. The maximum absolute atomic E-state index is 15.5. The lowest BCUT2D eigenvalue weighted by Gasteiger charge is -2.38. The van der Waals surface area contributed by atoms with Crippen molar-refractivity contribution in [2.75, 3.05) is 18.0 Å². The minimum absolute atomic E-state index is 0.0101. The predicted molar refractivity (Wildman–Crippen MR) is 130 cm³/mol. The van der Waals surface area contributed by atoms with Crippen LogP contribution < -0.4 is 15.2 Å². The summed E-state index contributed by atoms with van der Waals surface area (Å²) in [5, 5.41) is 2.57. The highest BCUT2D eigenvalue weighted by Crippen LogP contribution is 2.33. The topological polar surface area (TPSA) is 50.3 Å². The lowest BCUT2D eigenvalue weighted by Crippen LogP contribution is -2.37. The van der Waals surface area contributed by atoms with Crippen molar-refractivity contribution >= 4 is 16.6 Å². The third-order valence-electron chi connectivity index (χ3n) is 6.65. The van der Waals surface area contributed by atoms with Crippen LogP contribution in [-0.2, 0) is 6.61 Å². The lowest BCUT2D eigenvalue weighted by molar-refractivity contribution is 0.275. The highest BCUT2D eigenvalue weighted by atomic mass is 19.1. The van der Waals surface area contributed by atoms with Gasteiger partial charge < -0.3 is 9.64 Å². The summed E-state index contributed by atoms with van der Waals surface area (Å²) in [4.78, 5) is 14.8. The van der Waals surface area contributed by atoms with Gasteiger partial charge in [-0.1, -0.05) is 44.2 Å². The summed E-state index contributed by atoms with van der Waals surface area (Å²) in [7, 11) is 0. The fourth-order valence-corrected chi connectivity index (χ4v) is 4.44. The van der Waals surface area contributed by atoms with Crippen molar-refractivity contribution in [1.29, 1.82) is 0 Å². The van der Waals surface area contributed by atoms with Crippen molar-refractivity contribution in [1.82, 2.24) is 9.78 Å². The molecule has 7 heteroatoms. The zero-order valence-corrected chi connectivity index (χ0v) is 19.3. The number of nitrogens with zero attached hydrogens (tertiary/aromatic N) is 2. The molecular formula is C27H27F2N3O2.